The third kappa shape index (κ3) is 3.31. The van der Waals surface area contributed by atoms with E-state index >= 15 is 0 Å². The second-order valence-electron chi connectivity index (χ2n) is 5.10. The predicted molar refractivity (Wildman–Crippen MR) is 83.8 cm³/mol. The van der Waals surface area contributed by atoms with Crippen LogP contribution in [0.2, 0.25) is 0 Å². The van der Waals surface area contributed by atoms with Crippen molar-refractivity contribution in [3.05, 3.63) is 70.8 Å². The van der Waals surface area contributed by atoms with E-state index in [1.165, 1.54) is 11.8 Å². The summed E-state index contributed by atoms with van der Waals surface area (Å²) in [5.74, 6) is 0.857. The van der Waals surface area contributed by atoms with Crippen LogP contribution in [0.25, 0.3) is 6.08 Å². The fraction of sp³-hybridized carbons (Fsp3) is 0.167. The van der Waals surface area contributed by atoms with Gasteiger partial charge in [0.2, 0.25) is 0 Å². The summed E-state index contributed by atoms with van der Waals surface area (Å²) in [6.07, 6.45) is 5.42. The van der Waals surface area contributed by atoms with Crippen LogP contribution < -0.4 is 4.74 Å². The first kappa shape index (κ1) is 13.4. The van der Waals surface area contributed by atoms with E-state index in [0.29, 0.717) is 6.61 Å². The number of aryl methyl sites for hydroxylation is 1. The van der Waals surface area contributed by atoms with Crippen LogP contribution in [0, 0.1) is 0 Å². The third-order valence-corrected chi connectivity index (χ3v) is 3.61. The van der Waals surface area contributed by atoms with Gasteiger partial charge in [0.15, 0.2) is 0 Å². The van der Waals surface area contributed by atoms with Crippen molar-refractivity contribution in [2.45, 2.75) is 19.4 Å². The summed E-state index contributed by atoms with van der Waals surface area (Å²) >= 11 is 0. The molecule has 0 aromatic heterocycles. The van der Waals surface area contributed by atoms with Crippen molar-refractivity contribution in [2.24, 2.45) is 5.16 Å². The highest BCUT2D eigenvalue weighted by Crippen LogP contribution is 2.27. The maximum absolute atomic E-state index is 8.64. The van der Waals surface area contributed by atoms with E-state index in [9.17, 15) is 0 Å². The van der Waals surface area contributed by atoms with E-state index in [-0.39, 0.29) is 0 Å². The highest BCUT2D eigenvalue weighted by atomic mass is 16.5. The summed E-state index contributed by atoms with van der Waals surface area (Å²) < 4.78 is 5.84. The minimum absolute atomic E-state index is 0.564. The molecule has 3 rings (SSSR count). The fourth-order valence-electron chi connectivity index (χ4n) is 2.49. The lowest BCUT2D eigenvalue weighted by Crippen LogP contribution is -2.01. The quantitative estimate of drug-likeness (QED) is 0.521. The average Bonchev–Trinajstić information content (AvgIpc) is 2.54. The summed E-state index contributed by atoms with van der Waals surface area (Å²) in [6.45, 7) is 0.564. The molecule has 1 N–H and O–H groups in total. The summed E-state index contributed by atoms with van der Waals surface area (Å²) in [7, 11) is 0. The van der Waals surface area contributed by atoms with Gasteiger partial charge in [-0.3, -0.25) is 0 Å². The molecular weight excluding hydrogens is 262 g/mol. The minimum atomic E-state index is 0.564. The van der Waals surface area contributed by atoms with Crippen LogP contribution in [0.3, 0.4) is 0 Å². The van der Waals surface area contributed by atoms with Crippen molar-refractivity contribution in [3.8, 4) is 5.75 Å². The second kappa shape index (κ2) is 6.27. The molecule has 0 atom stereocenters. The topological polar surface area (TPSA) is 41.8 Å². The molecule has 3 heteroatoms. The van der Waals surface area contributed by atoms with Crippen LogP contribution in [0.1, 0.15) is 23.1 Å². The maximum atomic E-state index is 8.64. The zero-order chi connectivity index (χ0) is 14.5. The average molecular weight is 279 g/mol. The summed E-state index contributed by atoms with van der Waals surface area (Å²) in [6, 6.07) is 16.3. The third-order valence-electron chi connectivity index (χ3n) is 3.61. The molecule has 2 aromatic rings. The van der Waals surface area contributed by atoms with E-state index in [4.69, 9.17) is 9.94 Å². The van der Waals surface area contributed by atoms with Crippen molar-refractivity contribution in [2.75, 3.05) is 0 Å². The number of ether oxygens (including phenoxy) is 1. The maximum Gasteiger partial charge on any atom is 0.120 e. The van der Waals surface area contributed by atoms with Gasteiger partial charge in [0.25, 0.3) is 0 Å². The number of hydrogen-bond acceptors (Lipinski definition) is 3. The molecule has 1 aliphatic rings. The van der Waals surface area contributed by atoms with Gasteiger partial charge >= 0.3 is 0 Å². The van der Waals surface area contributed by atoms with Gasteiger partial charge in [0.05, 0.1) is 6.21 Å². The Hall–Kier alpha value is -2.55. The van der Waals surface area contributed by atoms with E-state index in [0.717, 1.165) is 35.3 Å². The predicted octanol–water partition coefficient (Wildman–Crippen LogP) is 4.06. The molecule has 0 spiro atoms. The second-order valence-corrected chi connectivity index (χ2v) is 5.10. The molecule has 2 aromatic carbocycles. The van der Waals surface area contributed by atoms with Gasteiger partial charge < -0.3 is 9.94 Å². The van der Waals surface area contributed by atoms with Crippen molar-refractivity contribution in [1.29, 1.82) is 0 Å². The monoisotopic (exact) mass is 279 g/mol. The van der Waals surface area contributed by atoms with E-state index < -0.39 is 0 Å². The van der Waals surface area contributed by atoms with Gasteiger partial charge in [0.1, 0.15) is 12.4 Å². The van der Waals surface area contributed by atoms with Crippen LogP contribution in [0.5, 0.6) is 5.75 Å². The van der Waals surface area contributed by atoms with Crippen molar-refractivity contribution in [1.82, 2.24) is 0 Å². The fourth-order valence-corrected chi connectivity index (χ4v) is 2.49. The Kier molecular flexibility index (Phi) is 4.01. The molecule has 0 aliphatic heterocycles. The lowest BCUT2D eigenvalue weighted by molar-refractivity contribution is 0.306. The van der Waals surface area contributed by atoms with E-state index in [1.54, 1.807) is 0 Å². The molecule has 1 aliphatic carbocycles. The number of allylic oxidation sites excluding steroid dienone is 1. The van der Waals surface area contributed by atoms with E-state index in [1.807, 2.05) is 48.5 Å². The largest absolute Gasteiger partial charge is 0.489 e. The van der Waals surface area contributed by atoms with Crippen molar-refractivity contribution < 1.29 is 9.94 Å². The van der Waals surface area contributed by atoms with Crippen molar-refractivity contribution >= 4 is 12.3 Å². The Bertz CT molecular complexity index is 675. The molecule has 0 radical (unpaired) electrons. The molecule has 0 bridgehead atoms. The molecule has 0 saturated heterocycles. The van der Waals surface area contributed by atoms with Crippen LogP contribution in [0.15, 0.2) is 59.3 Å². The molecule has 21 heavy (non-hydrogen) atoms. The molecule has 0 fully saturated rings. The summed E-state index contributed by atoms with van der Waals surface area (Å²) in [4.78, 5) is 0. The van der Waals surface area contributed by atoms with Crippen LogP contribution >= 0.6 is 0 Å². The number of nitrogens with zero attached hydrogens (tertiary/aromatic N) is 1. The van der Waals surface area contributed by atoms with Crippen LogP contribution in [-0.4, -0.2) is 11.4 Å². The molecule has 106 valence electrons. The number of rotatable bonds is 4. The highest BCUT2D eigenvalue weighted by molar-refractivity contribution is 5.86. The zero-order valence-corrected chi connectivity index (χ0v) is 11.7. The highest BCUT2D eigenvalue weighted by Gasteiger charge is 2.10. The lowest BCUT2D eigenvalue weighted by atomic mass is 9.92. The normalized spacial score (nSPS) is 13.8. The molecule has 0 heterocycles. The van der Waals surface area contributed by atoms with Gasteiger partial charge in [-0.15, -0.1) is 0 Å². The standard InChI is InChI=1S/C18H17NO2/c20-19-12-15-6-7-16-8-9-18(11-17(16)10-15)21-13-14-4-2-1-3-5-14/h1-5,8-12,20H,6-7,13H2/b19-12+. The van der Waals surface area contributed by atoms with Gasteiger partial charge in [0, 0.05) is 0 Å². The van der Waals surface area contributed by atoms with Crippen LogP contribution in [0.4, 0.5) is 0 Å². The molecule has 3 nitrogen and oxygen atoms in total. The van der Waals surface area contributed by atoms with Gasteiger partial charge in [-0.1, -0.05) is 41.6 Å². The number of benzene rings is 2. The Morgan fingerprint density at radius 1 is 1.10 bits per heavy atom. The van der Waals surface area contributed by atoms with Gasteiger partial charge in [-0.05, 0) is 53.3 Å². The minimum Gasteiger partial charge on any atom is -0.489 e. The van der Waals surface area contributed by atoms with Gasteiger partial charge in [-0.2, -0.15) is 0 Å². The number of fused-ring (bicyclic) bond motifs is 1. The zero-order valence-electron chi connectivity index (χ0n) is 11.7. The smallest absolute Gasteiger partial charge is 0.120 e. The SMILES string of the molecule is O/N=C/C1=Cc2cc(OCc3ccccc3)ccc2CC1. The molecule has 0 saturated carbocycles. The number of oxime groups is 1. The summed E-state index contributed by atoms with van der Waals surface area (Å²) in [5, 5.41) is 11.7. The van der Waals surface area contributed by atoms with Crippen molar-refractivity contribution in [3.63, 3.8) is 0 Å². The Morgan fingerprint density at radius 2 is 1.95 bits per heavy atom. The Balaban J connectivity index is 1.75. The molecular formula is C18H17NO2. The van der Waals surface area contributed by atoms with Gasteiger partial charge in [-0.25, -0.2) is 0 Å². The number of hydrogen-bond donors (Lipinski definition) is 1. The Labute approximate surface area is 124 Å². The lowest BCUT2D eigenvalue weighted by Gasteiger charge is -2.15. The molecule has 0 amide bonds. The summed E-state index contributed by atoms with van der Waals surface area (Å²) in [5.41, 5.74) is 4.63. The first-order chi connectivity index (χ1) is 10.3. The first-order valence-electron chi connectivity index (χ1n) is 7.03. The first-order valence-corrected chi connectivity index (χ1v) is 7.03. The van der Waals surface area contributed by atoms with E-state index in [2.05, 4.69) is 11.2 Å². The Morgan fingerprint density at radius 3 is 2.76 bits per heavy atom. The van der Waals surface area contributed by atoms with Crippen LogP contribution in [-0.2, 0) is 13.0 Å². The molecule has 0 unspecified atom stereocenters.